The van der Waals surface area contributed by atoms with Crippen LogP contribution in [0, 0.1) is 0 Å². The molecule has 0 N–H and O–H groups in total. The zero-order valence-corrected chi connectivity index (χ0v) is 8.79. The Labute approximate surface area is 79.7 Å². The summed E-state index contributed by atoms with van der Waals surface area (Å²) in [4.78, 5) is 11.3. The van der Waals surface area contributed by atoms with Gasteiger partial charge in [0.15, 0.2) is 6.10 Å². The first kappa shape index (κ1) is 12.2. The zero-order chi connectivity index (χ0) is 10.5. The minimum absolute atomic E-state index is 0.339. The van der Waals surface area contributed by atoms with Crippen LogP contribution >= 0.6 is 0 Å². The van der Waals surface area contributed by atoms with Gasteiger partial charge in [-0.15, -0.1) is 6.58 Å². The van der Waals surface area contributed by atoms with Gasteiger partial charge in [-0.1, -0.05) is 6.08 Å². The van der Waals surface area contributed by atoms with Crippen LogP contribution in [0.4, 0.5) is 0 Å². The van der Waals surface area contributed by atoms with Crippen LogP contribution in [-0.2, 0) is 14.3 Å². The molecular formula is C10H18O3. The Hall–Kier alpha value is -0.830. The second-order valence-corrected chi connectivity index (χ2v) is 3.80. The minimum Gasteiger partial charge on any atom is -0.458 e. The van der Waals surface area contributed by atoms with E-state index in [1.807, 2.05) is 20.8 Å². The Kier molecular flexibility index (Phi) is 4.70. The lowest BCUT2D eigenvalue weighted by Crippen LogP contribution is -2.31. The Morgan fingerprint density at radius 2 is 2.08 bits per heavy atom. The molecule has 0 spiro atoms. The molecular weight excluding hydrogens is 168 g/mol. The normalized spacial score (nSPS) is 13.5. The molecule has 0 heterocycles. The third-order valence-electron chi connectivity index (χ3n) is 1.20. The highest BCUT2D eigenvalue weighted by Gasteiger charge is 2.21. The molecule has 0 bridgehead atoms. The first-order valence-corrected chi connectivity index (χ1v) is 4.32. The number of rotatable bonds is 4. The van der Waals surface area contributed by atoms with Crippen molar-refractivity contribution >= 4 is 5.97 Å². The van der Waals surface area contributed by atoms with Crippen LogP contribution in [0.25, 0.3) is 0 Å². The first-order chi connectivity index (χ1) is 5.87. The molecule has 3 heteroatoms. The van der Waals surface area contributed by atoms with E-state index in [1.54, 1.807) is 13.0 Å². The molecule has 0 saturated heterocycles. The fraction of sp³-hybridized carbons (Fsp3) is 0.700. The summed E-state index contributed by atoms with van der Waals surface area (Å²) in [7, 11) is 0. The molecule has 0 aromatic heterocycles. The molecule has 0 aliphatic heterocycles. The summed E-state index contributed by atoms with van der Waals surface area (Å²) < 4.78 is 10.2. The van der Waals surface area contributed by atoms with Gasteiger partial charge in [0.1, 0.15) is 5.60 Å². The Morgan fingerprint density at radius 1 is 1.54 bits per heavy atom. The smallest absolute Gasteiger partial charge is 0.335 e. The maximum Gasteiger partial charge on any atom is 0.335 e. The monoisotopic (exact) mass is 186 g/mol. The number of carbonyl (C=O) groups is 1. The van der Waals surface area contributed by atoms with Gasteiger partial charge in [0.05, 0.1) is 6.61 Å². The summed E-state index contributed by atoms with van der Waals surface area (Å²) in [6, 6.07) is 0. The standard InChI is InChI=1S/C10H18O3/c1-6-7-12-8(2)9(11)13-10(3,4)5/h6,8H,1,7H2,2-5H3. The van der Waals surface area contributed by atoms with Crippen LogP contribution < -0.4 is 0 Å². The summed E-state index contributed by atoms with van der Waals surface area (Å²) in [5.74, 6) is -0.339. The topological polar surface area (TPSA) is 35.5 Å². The van der Waals surface area contributed by atoms with Gasteiger partial charge in [0, 0.05) is 0 Å². The van der Waals surface area contributed by atoms with Crippen molar-refractivity contribution in [3.63, 3.8) is 0 Å². The van der Waals surface area contributed by atoms with E-state index >= 15 is 0 Å². The molecule has 0 aromatic rings. The van der Waals surface area contributed by atoms with Crippen molar-refractivity contribution in [1.82, 2.24) is 0 Å². The Balaban J connectivity index is 3.89. The van der Waals surface area contributed by atoms with Gasteiger partial charge in [0.25, 0.3) is 0 Å². The zero-order valence-electron chi connectivity index (χ0n) is 8.79. The highest BCUT2D eigenvalue weighted by molar-refractivity contribution is 5.74. The minimum atomic E-state index is -0.530. The average Bonchev–Trinajstić information content (AvgIpc) is 1.96. The lowest BCUT2D eigenvalue weighted by atomic mass is 10.2. The molecule has 0 aromatic carbocycles. The second kappa shape index (κ2) is 5.02. The Bertz CT molecular complexity index is 179. The lowest BCUT2D eigenvalue weighted by molar-refractivity contribution is -0.166. The van der Waals surface area contributed by atoms with Gasteiger partial charge >= 0.3 is 5.97 Å². The number of esters is 1. The van der Waals surface area contributed by atoms with Crippen molar-refractivity contribution in [1.29, 1.82) is 0 Å². The maximum absolute atomic E-state index is 11.3. The fourth-order valence-electron chi connectivity index (χ4n) is 0.665. The quantitative estimate of drug-likeness (QED) is 0.497. The highest BCUT2D eigenvalue weighted by atomic mass is 16.6. The number of ether oxygens (including phenoxy) is 2. The number of hydrogen-bond donors (Lipinski definition) is 0. The molecule has 0 amide bonds. The average molecular weight is 186 g/mol. The van der Waals surface area contributed by atoms with E-state index in [0.717, 1.165) is 0 Å². The van der Waals surface area contributed by atoms with Crippen LogP contribution in [0.5, 0.6) is 0 Å². The fourth-order valence-corrected chi connectivity index (χ4v) is 0.665. The molecule has 0 aliphatic carbocycles. The number of hydrogen-bond acceptors (Lipinski definition) is 3. The predicted octanol–water partition coefficient (Wildman–Crippen LogP) is 1.92. The van der Waals surface area contributed by atoms with Crippen molar-refractivity contribution in [3.8, 4) is 0 Å². The highest BCUT2D eigenvalue weighted by Crippen LogP contribution is 2.09. The van der Waals surface area contributed by atoms with E-state index in [0.29, 0.717) is 6.61 Å². The van der Waals surface area contributed by atoms with E-state index < -0.39 is 11.7 Å². The molecule has 0 fully saturated rings. The number of carbonyl (C=O) groups excluding carboxylic acids is 1. The third-order valence-corrected chi connectivity index (χ3v) is 1.20. The SMILES string of the molecule is C=CCOC(C)C(=O)OC(C)(C)C. The molecule has 1 atom stereocenters. The summed E-state index contributed by atoms with van der Waals surface area (Å²) in [6.45, 7) is 11.0. The molecule has 3 nitrogen and oxygen atoms in total. The second-order valence-electron chi connectivity index (χ2n) is 3.80. The summed E-state index contributed by atoms with van der Waals surface area (Å²) >= 11 is 0. The lowest BCUT2D eigenvalue weighted by Gasteiger charge is -2.21. The molecule has 76 valence electrons. The third kappa shape index (κ3) is 6.34. The van der Waals surface area contributed by atoms with Crippen LogP contribution in [0.15, 0.2) is 12.7 Å². The molecule has 13 heavy (non-hydrogen) atoms. The maximum atomic E-state index is 11.3. The van der Waals surface area contributed by atoms with Crippen LogP contribution in [0.1, 0.15) is 27.7 Å². The molecule has 1 unspecified atom stereocenters. The van der Waals surface area contributed by atoms with Gasteiger partial charge in [-0.2, -0.15) is 0 Å². The van der Waals surface area contributed by atoms with Gasteiger partial charge in [-0.05, 0) is 27.7 Å². The molecule has 0 rings (SSSR count). The molecule has 0 aliphatic rings. The van der Waals surface area contributed by atoms with Gasteiger partial charge in [0.2, 0.25) is 0 Å². The van der Waals surface area contributed by atoms with Gasteiger partial charge in [-0.25, -0.2) is 4.79 Å². The van der Waals surface area contributed by atoms with Crippen LogP contribution in [0.3, 0.4) is 0 Å². The largest absolute Gasteiger partial charge is 0.458 e. The summed E-state index contributed by atoms with van der Waals surface area (Å²) in [6.07, 6.45) is 1.07. The van der Waals surface area contributed by atoms with Crippen molar-refractivity contribution in [2.45, 2.75) is 39.4 Å². The van der Waals surface area contributed by atoms with Crippen LogP contribution in [-0.4, -0.2) is 24.3 Å². The van der Waals surface area contributed by atoms with Crippen molar-refractivity contribution in [2.24, 2.45) is 0 Å². The van der Waals surface area contributed by atoms with Crippen molar-refractivity contribution < 1.29 is 14.3 Å². The van der Waals surface area contributed by atoms with E-state index in [9.17, 15) is 4.79 Å². The Morgan fingerprint density at radius 3 is 2.46 bits per heavy atom. The van der Waals surface area contributed by atoms with E-state index in [2.05, 4.69) is 6.58 Å². The van der Waals surface area contributed by atoms with E-state index in [-0.39, 0.29) is 5.97 Å². The molecule has 0 saturated carbocycles. The van der Waals surface area contributed by atoms with Crippen molar-refractivity contribution in [2.75, 3.05) is 6.61 Å². The van der Waals surface area contributed by atoms with Crippen LogP contribution in [0.2, 0.25) is 0 Å². The predicted molar refractivity (Wildman–Crippen MR) is 51.5 cm³/mol. The van der Waals surface area contributed by atoms with E-state index in [1.165, 1.54) is 0 Å². The molecule has 0 radical (unpaired) electrons. The summed E-state index contributed by atoms with van der Waals surface area (Å²) in [5, 5.41) is 0. The van der Waals surface area contributed by atoms with Crippen molar-refractivity contribution in [3.05, 3.63) is 12.7 Å². The van der Waals surface area contributed by atoms with E-state index in [4.69, 9.17) is 9.47 Å². The van der Waals surface area contributed by atoms with Gasteiger partial charge in [-0.3, -0.25) is 0 Å². The summed E-state index contributed by atoms with van der Waals surface area (Å²) in [5.41, 5.74) is -0.455. The first-order valence-electron chi connectivity index (χ1n) is 4.32. The van der Waals surface area contributed by atoms with Gasteiger partial charge < -0.3 is 9.47 Å².